The molecule has 0 radical (unpaired) electrons. The lowest BCUT2D eigenvalue weighted by molar-refractivity contribution is -0.127. The fraction of sp³-hybridized carbons (Fsp3) is 0.289. The van der Waals surface area contributed by atoms with Crippen LogP contribution >= 0.6 is 11.3 Å². The van der Waals surface area contributed by atoms with E-state index in [1.165, 1.54) is 34.7 Å². The summed E-state index contributed by atoms with van der Waals surface area (Å²) in [6.45, 7) is 2.32. The van der Waals surface area contributed by atoms with Crippen LogP contribution < -0.4 is 26.2 Å². The number of ether oxygens (including phenoxy) is 1. The molecule has 1 fully saturated rings. The van der Waals surface area contributed by atoms with Crippen LogP contribution in [0.1, 0.15) is 23.3 Å². The van der Waals surface area contributed by atoms with Gasteiger partial charge in [-0.05, 0) is 68.4 Å². The third-order valence-electron chi connectivity index (χ3n) is 9.96. The van der Waals surface area contributed by atoms with Gasteiger partial charge in [-0.15, -0.1) is 11.3 Å². The molecule has 0 bridgehead atoms. The first-order chi connectivity index (χ1) is 26.1. The van der Waals surface area contributed by atoms with Crippen molar-refractivity contribution in [3.05, 3.63) is 118 Å². The van der Waals surface area contributed by atoms with Crippen LogP contribution in [0.3, 0.4) is 0 Å². The number of rotatable bonds is 10. The summed E-state index contributed by atoms with van der Waals surface area (Å²) in [6, 6.07) is 20.5. The average Bonchev–Trinajstić information content (AvgIpc) is 3.84. The molecule has 5 heterocycles. The molecule has 16 heteroatoms. The van der Waals surface area contributed by atoms with Crippen LogP contribution in [0.4, 0.5) is 26.0 Å². The molecule has 1 saturated heterocycles. The Balaban J connectivity index is 0.953. The summed E-state index contributed by atoms with van der Waals surface area (Å²) >= 11 is 1.35. The summed E-state index contributed by atoms with van der Waals surface area (Å²) in [5, 5.41) is 18.9. The summed E-state index contributed by atoms with van der Waals surface area (Å²) in [5.41, 5.74) is 6.95. The van der Waals surface area contributed by atoms with Crippen molar-refractivity contribution in [3.63, 3.8) is 0 Å². The number of benzene rings is 3. The van der Waals surface area contributed by atoms with Crippen molar-refractivity contribution in [1.29, 1.82) is 0 Å². The van der Waals surface area contributed by atoms with Gasteiger partial charge in [-0.1, -0.05) is 24.3 Å². The number of piperidine rings is 1. The number of aliphatic hydroxyl groups is 1. The highest BCUT2D eigenvalue weighted by Gasteiger charge is 2.37. The molecular formula is C38H37F2N9O4S. The highest BCUT2D eigenvalue weighted by atomic mass is 32.1. The van der Waals surface area contributed by atoms with Gasteiger partial charge in [0.1, 0.15) is 47.1 Å². The topological polar surface area (TPSA) is 157 Å². The Morgan fingerprint density at radius 3 is 2.59 bits per heavy atom. The van der Waals surface area contributed by atoms with Gasteiger partial charge in [-0.3, -0.25) is 14.2 Å². The molecule has 6 aromatic rings. The number of thiophene rings is 1. The number of amides is 1. The molecule has 8 rings (SSSR count). The lowest BCUT2D eigenvalue weighted by Gasteiger charge is -2.38. The van der Waals surface area contributed by atoms with E-state index in [0.29, 0.717) is 60.9 Å². The number of halogens is 2. The fourth-order valence-electron chi connectivity index (χ4n) is 7.32. The lowest BCUT2D eigenvalue weighted by Crippen LogP contribution is -2.48. The van der Waals surface area contributed by atoms with Crippen molar-refractivity contribution in [1.82, 2.24) is 34.5 Å². The third-order valence-corrected chi connectivity index (χ3v) is 11.0. The number of carbonyl (C=O) groups excluding carboxylic acids is 1. The molecule has 3 aromatic carbocycles. The third kappa shape index (κ3) is 7.02. The van der Waals surface area contributed by atoms with E-state index in [1.807, 2.05) is 59.5 Å². The van der Waals surface area contributed by atoms with Gasteiger partial charge in [0.2, 0.25) is 5.91 Å². The molecule has 4 N–H and O–H groups in total. The number of nitrogens with zero attached hydrogens (tertiary/aromatic N) is 7. The number of nitrogens with one attached hydrogen (secondary N) is 1. The molecule has 0 spiro atoms. The van der Waals surface area contributed by atoms with Crippen molar-refractivity contribution in [2.75, 3.05) is 43.4 Å². The molecule has 2 aliphatic rings. The molecule has 278 valence electrons. The van der Waals surface area contributed by atoms with Gasteiger partial charge in [-0.2, -0.15) is 5.10 Å². The number of nitrogen functional groups attached to an aromatic ring is 1. The minimum Gasteiger partial charge on any atom is -0.490 e. The second kappa shape index (κ2) is 14.6. The summed E-state index contributed by atoms with van der Waals surface area (Å²) in [6.07, 6.45) is 3.78. The van der Waals surface area contributed by atoms with E-state index in [9.17, 15) is 23.5 Å². The molecule has 3 aromatic heterocycles. The van der Waals surface area contributed by atoms with Crippen molar-refractivity contribution < 1.29 is 23.4 Å². The molecule has 1 atom stereocenters. The Bertz CT molecular complexity index is 2360. The van der Waals surface area contributed by atoms with Crippen molar-refractivity contribution in [3.8, 4) is 11.4 Å². The largest absolute Gasteiger partial charge is 0.490 e. The SMILES string of the molecule is Nc1nc2sc(CNC(=O)C3CCN(CC(O)(Cn4cncn4)c4ccc(F)cc4F)CC3)cc2n(-c2ccc3c(c2)N(c2ccccc2)CCO3)c1=O. The predicted molar refractivity (Wildman–Crippen MR) is 200 cm³/mol. The van der Waals surface area contributed by atoms with E-state index in [0.717, 1.165) is 28.4 Å². The van der Waals surface area contributed by atoms with Crippen molar-refractivity contribution in [2.24, 2.45) is 5.92 Å². The van der Waals surface area contributed by atoms with Crippen LogP contribution in [0.25, 0.3) is 16.0 Å². The smallest absolute Gasteiger partial charge is 0.298 e. The second-order valence-corrected chi connectivity index (χ2v) is 14.7. The van der Waals surface area contributed by atoms with Crippen LogP contribution in [0.15, 0.2) is 90.2 Å². The summed E-state index contributed by atoms with van der Waals surface area (Å²) in [7, 11) is 0. The minimum absolute atomic E-state index is 0.0425. The van der Waals surface area contributed by atoms with Crippen LogP contribution in [0, 0.1) is 17.6 Å². The van der Waals surface area contributed by atoms with E-state index in [-0.39, 0.29) is 42.8 Å². The van der Waals surface area contributed by atoms with E-state index < -0.39 is 22.8 Å². The predicted octanol–water partition coefficient (Wildman–Crippen LogP) is 4.35. The average molecular weight is 754 g/mol. The maximum absolute atomic E-state index is 14.9. The van der Waals surface area contributed by atoms with Gasteiger partial charge in [0, 0.05) is 34.7 Å². The standard InChI is InChI=1S/C38H37F2N9O4S/c39-25-6-8-29(30(40)16-25)38(52,21-47-23-42-22-44-47)20-46-12-10-24(11-13-46)35(50)43-19-28-18-32-36(54-28)45-34(41)37(51)49(32)27-7-9-33-31(17-27)48(14-15-53-33)26-4-2-1-3-5-26/h1-9,16-18,22-24,52H,10-15,19-21H2,(H2,41,45)(H,43,50). The van der Waals surface area contributed by atoms with E-state index in [1.54, 1.807) is 4.57 Å². The number of likely N-dealkylation sites (tertiary alicyclic amines) is 1. The molecule has 13 nitrogen and oxygen atoms in total. The number of carbonyl (C=O) groups is 1. The second-order valence-electron chi connectivity index (χ2n) is 13.5. The monoisotopic (exact) mass is 753 g/mol. The van der Waals surface area contributed by atoms with Gasteiger partial charge < -0.3 is 30.7 Å². The normalized spacial score (nSPS) is 16.2. The summed E-state index contributed by atoms with van der Waals surface area (Å²) in [5.74, 6) is -1.40. The Morgan fingerprint density at radius 2 is 1.83 bits per heavy atom. The van der Waals surface area contributed by atoms with E-state index >= 15 is 0 Å². The maximum atomic E-state index is 14.9. The minimum atomic E-state index is -1.73. The molecule has 2 aliphatic heterocycles. The van der Waals surface area contributed by atoms with Crippen LogP contribution in [-0.2, 0) is 23.5 Å². The van der Waals surface area contributed by atoms with Crippen LogP contribution in [0.2, 0.25) is 0 Å². The number of nitrogens with two attached hydrogens (primary N) is 1. The Kier molecular flexibility index (Phi) is 9.56. The number of hydrogen-bond donors (Lipinski definition) is 3. The van der Waals surface area contributed by atoms with Gasteiger partial charge in [0.25, 0.3) is 5.56 Å². The molecule has 1 amide bonds. The molecular weight excluding hydrogens is 717 g/mol. The molecule has 54 heavy (non-hydrogen) atoms. The Labute approximate surface area is 312 Å². The highest BCUT2D eigenvalue weighted by Crippen LogP contribution is 2.39. The van der Waals surface area contributed by atoms with Crippen molar-refractivity contribution in [2.45, 2.75) is 31.5 Å². The van der Waals surface area contributed by atoms with Crippen LogP contribution in [-0.4, -0.2) is 73.0 Å². The zero-order chi connectivity index (χ0) is 37.4. The first-order valence-electron chi connectivity index (χ1n) is 17.6. The number of hydrogen-bond acceptors (Lipinski definition) is 11. The Hall–Kier alpha value is -5.71. The zero-order valence-electron chi connectivity index (χ0n) is 29.1. The number of aromatic nitrogens is 5. The van der Waals surface area contributed by atoms with Gasteiger partial charge in [-0.25, -0.2) is 23.4 Å². The number of para-hydroxylation sites is 1. The van der Waals surface area contributed by atoms with E-state index in [4.69, 9.17) is 10.5 Å². The van der Waals surface area contributed by atoms with Gasteiger partial charge >= 0.3 is 0 Å². The molecule has 1 unspecified atom stereocenters. The molecule has 0 aliphatic carbocycles. The zero-order valence-corrected chi connectivity index (χ0v) is 29.9. The van der Waals surface area contributed by atoms with Crippen LogP contribution in [0.5, 0.6) is 5.75 Å². The number of β-amino-alcohol motifs (C(OH)–C–C–N with tert-alkyl or cyclic N) is 1. The van der Waals surface area contributed by atoms with Gasteiger partial charge in [0.05, 0.1) is 36.5 Å². The van der Waals surface area contributed by atoms with Gasteiger partial charge in [0.15, 0.2) is 5.82 Å². The first kappa shape index (κ1) is 35.3. The number of fused-ring (bicyclic) bond motifs is 2. The maximum Gasteiger partial charge on any atom is 0.298 e. The van der Waals surface area contributed by atoms with E-state index in [2.05, 4.69) is 25.3 Å². The fourth-order valence-corrected chi connectivity index (χ4v) is 8.28. The summed E-state index contributed by atoms with van der Waals surface area (Å²) in [4.78, 5) is 40.7. The highest BCUT2D eigenvalue weighted by molar-refractivity contribution is 7.18. The first-order valence-corrected chi connectivity index (χ1v) is 18.4. The lowest BCUT2D eigenvalue weighted by atomic mass is 9.90. The molecule has 0 saturated carbocycles. The quantitative estimate of drug-likeness (QED) is 0.184. The summed E-state index contributed by atoms with van der Waals surface area (Å²) < 4.78 is 37.5. The van der Waals surface area contributed by atoms with Crippen molar-refractivity contribution >= 4 is 44.8 Å². The Morgan fingerprint density at radius 1 is 1.02 bits per heavy atom. The number of anilines is 3.